The normalized spacial score (nSPS) is 14.8. The molecule has 0 saturated carbocycles. The molecule has 0 aliphatic carbocycles. The summed E-state index contributed by atoms with van der Waals surface area (Å²) in [7, 11) is 0. The molecule has 3 N–H and O–H groups in total. The highest BCUT2D eigenvalue weighted by Crippen LogP contribution is 2.48. The number of carbonyl (C=O) groups is 2. The number of hydrogen-bond acceptors (Lipinski definition) is 3. The van der Waals surface area contributed by atoms with Gasteiger partial charge in [0.1, 0.15) is 0 Å². The van der Waals surface area contributed by atoms with Gasteiger partial charge >= 0.3 is 11.9 Å². The van der Waals surface area contributed by atoms with E-state index in [0.29, 0.717) is 6.42 Å². The van der Waals surface area contributed by atoms with Crippen molar-refractivity contribution in [1.82, 2.24) is 0 Å². The van der Waals surface area contributed by atoms with Crippen LogP contribution in [0.15, 0.2) is 48.5 Å². The fourth-order valence-electron chi connectivity index (χ4n) is 3.96. The smallest absolute Gasteiger partial charge is 0.335 e. The summed E-state index contributed by atoms with van der Waals surface area (Å²) in [4.78, 5) is 22.2. The third-order valence-electron chi connectivity index (χ3n) is 6.31. The molecule has 2 atom stereocenters. The van der Waals surface area contributed by atoms with Gasteiger partial charge in [0.05, 0.1) is 11.1 Å². The minimum absolute atomic E-state index is 0.00165. The van der Waals surface area contributed by atoms with Gasteiger partial charge in [-0.3, -0.25) is 0 Å². The van der Waals surface area contributed by atoms with Crippen molar-refractivity contribution in [3.05, 3.63) is 70.8 Å². The number of aromatic carboxylic acids is 2. The highest BCUT2D eigenvalue weighted by molar-refractivity contribution is 5.88. The van der Waals surface area contributed by atoms with E-state index in [0.717, 1.165) is 17.5 Å². The van der Waals surface area contributed by atoms with Gasteiger partial charge in [-0.05, 0) is 59.6 Å². The molecule has 5 nitrogen and oxygen atoms in total. The van der Waals surface area contributed by atoms with Crippen LogP contribution in [0.2, 0.25) is 0 Å². The lowest BCUT2D eigenvalue weighted by Gasteiger charge is -2.48. The van der Waals surface area contributed by atoms with Crippen LogP contribution < -0.4 is 0 Å². The van der Waals surface area contributed by atoms with E-state index in [1.807, 2.05) is 24.3 Å². The molecule has 0 aliphatic heterocycles. The van der Waals surface area contributed by atoms with Gasteiger partial charge in [-0.25, -0.2) is 9.59 Å². The van der Waals surface area contributed by atoms with E-state index in [9.17, 15) is 19.8 Å². The van der Waals surface area contributed by atoms with Crippen LogP contribution in [0, 0.1) is 11.3 Å². The number of aliphatic hydroxyl groups is 1. The summed E-state index contributed by atoms with van der Waals surface area (Å²) in [6.07, 6.45) is 1.43. The van der Waals surface area contributed by atoms with E-state index in [2.05, 4.69) is 27.7 Å². The summed E-state index contributed by atoms with van der Waals surface area (Å²) in [6, 6.07) is 13.7. The van der Waals surface area contributed by atoms with E-state index < -0.39 is 11.9 Å². The van der Waals surface area contributed by atoms with E-state index in [4.69, 9.17) is 5.11 Å². The van der Waals surface area contributed by atoms with Crippen LogP contribution in [0.25, 0.3) is 0 Å². The summed E-state index contributed by atoms with van der Waals surface area (Å²) in [5.74, 6) is -1.97. The number of carboxylic acids is 2. The standard InChI is InChI=1S/C24H30O5/c1-23(2,3)24(4,19-13-10-18(11-14-19)22(28)29)20(15-25)12-7-16-5-8-17(9-6-16)21(26)27/h5-6,8-11,13-14,20,25H,7,12,15H2,1-4H3,(H,26,27)(H,28,29). The Morgan fingerprint density at radius 1 is 0.828 bits per heavy atom. The Morgan fingerprint density at radius 2 is 1.28 bits per heavy atom. The fraction of sp³-hybridized carbons (Fsp3) is 0.417. The molecule has 0 amide bonds. The Balaban J connectivity index is 2.30. The lowest BCUT2D eigenvalue weighted by atomic mass is 9.56. The van der Waals surface area contributed by atoms with Crippen molar-refractivity contribution in [1.29, 1.82) is 0 Å². The average molecular weight is 398 g/mol. The molecule has 29 heavy (non-hydrogen) atoms. The van der Waals surface area contributed by atoms with Gasteiger partial charge in [0.2, 0.25) is 0 Å². The van der Waals surface area contributed by atoms with E-state index in [1.165, 1.54) is 0 Å². The van der Waals surface area contributed by atoms with Crippen molar-refractivity contribution in [2.24, 2.45) is 11.3 Å². The summed E-state index contributed by atoms with van der Waals surface area (Å²) < 4.78 is 0. The van der Waals surface area contributed by atoms with E-state index in [1.54, 1.807) is 24.3 Å². The van der Waals surface area contributed by atoms with Crippen LogP contribution in [0.5, 0.6) is 0 Å². The lowest BCUT2D eigenvalue weighted by Crippen LogP contribution is -2.45. The van der Waals surface area contributed by atoms with Gasteiger partial charge in [0, 0.05) is 12.0 Å². The third-order valence-corrected chi connectivity index (χ3v) is 6.31. The van der Waals surface area contributed by atoms with Gasteiger partial charge in [-0.2, -0.15) is 0 Å². The van der Waals surface area contributed by atoms with Crippen LogP contribution in [-0.2, 0) is 11.8 Å². The highest BCUT2D eigenvalue weighted by atomic mass is 16.4. The first-order valence-electron chi connectivity index (χ1n) is 9.77. The number of aliphatic hydroxyl groups excluding tert-OH is 1. The predicted molar refractivity (Wildman–Crippen MR) is 113 cm³/mol. The quantitative estimate of drug-likeness (QED) is 0.603. The molecule has 0 spiro atoms. The van der Waals surface area contributed by atoms with Crippen molar-refractivity contribution in [2.75, 3.05) is 6.61 Å². The second-order valence-electron chi connectivity index (χ2n) is 8.76. The number of rotatable bonds is 8. The van der Waals surface area contributed by atoms with Crippen molar-refractivity contribution in [3.8, 4) is 0 Å². The van der Waals surface area contributed by atoms with Crippen LogP contribution in [0.4, 0.5) is 0 Å². The molecule has 2 unspecified atom stereocenters. The largest absolute Gasteiger partial charge is 0.478 e. The van der Waals surface area contributed by atoms with Gasteiger partial charge in [-0.15, -0.1) is 0 Å². The molecule has 0 aliphatic rings. The summed E-state index contributed by atoms with van der Waals surface area (Å²) in [6.45, 7) is 8.51. The molecule has 5 heteroatoms. The van der Waals surface area contributed by atoms with Crippen LogP contribution in [-0.4, -0.2) is 33.9 Å². The molecule has 0 saturated heterocycles. The number of carboxylic acid groups (broad SMARTS) is 2. The minimum atomic E-state index is -0.961. The summed E-state index contributed by atoms with van der Waals surface area (Å²) in [5, 5.41) is 28.5. The van der Waals surface area contributed by atoms with Gasteiger partial charge < -0.3 is 15.3 Å². The van der Waals surface area contributed by atoms with Gasteiger partial charge in [-0.1, -0.05) is 52.0 Å². The SMILES string of the molecule is CC(C)(C)C(C)(c1ccc(C(=O)O)cc1)C(CO)CCc1ccc(C(=O)O)cc1. The Kier molecular flexibility index (Phi) is 6.85. The highest BCUT2D eigenvalue weighted by Gasteiger charge is 2.44. The first-order chi connectivity index (χ1) is 13.5. The van der Waals surface area contributed by atoms with Crippen LogP contribution in [0.3, 0.4) is 0 Å². The Hall–Kier alpha value is -2.66. The van der Waals surface area contributed by atoms with Crippen molar-refractivity contribution >= 4 is 11.9 Å². The average Bonchev–Trinajstić information content (AvgIpc) is 2.67. The monoisotopic (exact) mass is 398 g/mol. The molecule has 0 fully saturated rings. The molecule has 0 radical (unpaired) electrons. The predicted octanol–water partition coefficient (Wildman–Crippen LogP) is 4.63. The number of benzene rings is 2. The molecule has 2 aromatic rings. The Bertz CT molecular complexity index is 846. The summed E-state index contributed by atoms with van der Waals surface area (Å²) >= 11 is 0. The van der Waals surface area contributed by atoms with E-state index >= 15 is 0 Å². The molecule has 2 aromatic carbocycles. The van der Waals surface area contributed by atoms with Crippen molar-refractivity contribution in [2.45, 2.75) is 46.0 Å². The minimum Gasteiger partial charge on any atom is -0.478 e. The fourth-order valence-corrected chi connectivity index (χ4v) is 3.96. The summed E-state index contributed by atoms with van der Waals surface area (Å²) in [5.41, 5.74) is 1.94. The Morgan fingerprint density at radius 3 is 1.66 bits per heavy atom. The van der Waals surface area contributed by atoms with Crippen LogP contribution >= 0.6 is 0 Å². The molecule has 0 aromatic heterocycles. The third kappa shape index (κ3) is 4.85. The second kappa shape index (κ2) is 8.78. The van der Waals surface area contributed by atoms with E-state index in [-0.39, 0.29) is 34.5 Å². The molecular formula is C24H30O5. The zero-order chi connectivity index (χ0) is 21.8. The zero-order valence-corrected chi connectivity index (χ0v) is 17.5. The molecule has 2 rings (SSSR count). The van der Waals surface area contributed by atoms with Crippen molar-refractivity contribution in [3.63, 3.8) is 0 Å². The van der Waals surface area contributed by atoms with Crippen molar-refractivity contribution < 1.29 is 24.9 Å². The first-order valence-corrected chi connectivity index (χ1v) is 9.77. The maximum absolute atomic E-state index is 11.2. The maximum atomic E-state index is 11.2. The first kappa shape index (κ1) is 22.6. The molecule has 156 valence electrons. The maximum Gasteiger partial charge on any atom is 0.335 e. The van der Waals surface area contributed by atoms with Crippen LogP contribution in [0.1, 0.15) is 66.0 Å². The zero-order valence-electron chi connectivity index (χ0n) is 17.5. The Labute approximate surface area is 172 Å². The second-order valence-corrected chi connectivity index (χ2v) is 8.76. The lowest BCUT2D eigenvalue weighted by molar-refractivity contribution is 0.0663. The molecule has 0 bridgehead atoms. The molecular weight excluding hydrogens is 368 g/mol. The number of aryl methyl sites for hydroxylation is 1. The van der Waals surface area contributed by atoms with Gasteiger partial charge in [0.15, 0.2) is 0 Å². The topological polar surface area (TPSA) is 94.8 Å². The molecule has 0 heterocycles. The van der Waals surface area contributed by atoms with Gasteiger partial charge in [0.25, 0.3) is 0 Å². The number of hydrogen-bond donors (Lipinski definition) is 3.